The largest absolute Gasteiger partial charge is 0.394 e. The van der Waals surface area contributed by atoms with Crippen LogP contribution in [0.3, 0.4) is 0 Å². The molecule has 0 saturated carbocycles. The first-order chi connectivity index (χ1) is 6.24. The first kappa shape index (κ1) is 14.5. The molecular formula is C10H21NO2V. The molecule has 1 heterocycles. The predicted octanol–water partition coefficient (Wildman–Crippen LogP) is 0.866. The Morgan fingerprint density at radius 2 is 1.93 bits per heavy atom. The van der Waals surface area contributed by atoms with Gasteiger partial charge in [0, 0.05) is 37.7 Å². The van der Waals surface area contributed by atoms with Gasteiger partial charge in [-0.2, -0.15) is 0 Å². The van der Waals surface area contributed by atoms with Crippen molar-refractivity contribution in [3.8, 4) is 0 Å². The number of aliphatic hydroxyl groups is 1. The van der Waals surface area contributed by atoms with E-state index >= 15 is 0 Å². The molecule has 1 fully saturated rings. The Balaban J connectivity index is 0.00000169. The molecule has 1 aliphatic heterocycles. The molecular weight excluding hydrogens is 217 g/mol. The van der Waals surface area contributed by atoms with Crippen molar-refractivity contribution >= 4 is 0 Å². The van der Waals surface area contributed by atoms with Crippen molar-refractivity contribution in [2.45, 2.75) is 38.8 Å². The molecule has 14 heavy (non-hydrogen) atoms. The summed E-state index contributed by atoms with van der Waals surface area (Å²) in [4.78, 5) is 2.47. The van der Waals surface area contributed by atoms with Crippen LogP contribution in [0.1, 0.15) is 26.7 Å². The normalized spacial score (nSPS) is 19.7. The number of likely N-dealkylation sites (tertiary alicyclic amines) is 1. The molecule has 0 spiro atoms. The zero-order valence-electron chi connectivity index (χ0n) is 9.15. The maximum absolute atomic E-state index is 8.60. The molecule has 1 aliphatic rings. The molecule has 1 rings (SSSR count). The van der Waals surface area contributed by atoms with Gasteiger partial charge in [-0.15, -0.1) is 0 Å². The second-order valence-corrected chi connectivity index (χ2v) is 3.92. The summed E-state index contributed by atoms with van der Waals surface area (Å²) >= 11 is 0. The van der Waals surface area contributed by atoms with E-state index in [0.717, 1.165) is 25.9 Å². The second-order valence-electron chi connectivity index (χ2n) is 3.92. The molecule has 4 heteroatoms. The minimum absolute atomic E-state index is 0. The van der Waals surface area contributed by atoms with Gasteiger partial charge in [-0.25, -0.2) is 0 Å². The van der Waals surface area contributed by atoms with Crippen molar-refractivity contribution in [3.63, 3.8) is 0 Å². The minimum Gasteiger partial charge on any atom is -0.394 e. The number of nitrogens with zero attached hydrogens (tertiary/aromatic N) is 1. The Hall–Kier alpha value is 0.464. The number of piperidine rings is 1. The van der Waals surface area contributed by atoms with Crippen molar-refractivity contribution in [1.82, 2.24) is 4.90 Å². The third-order valence-electron chi connectivity index (χ3n) is 2.65. The number of hydrogen-bond donors (Lipinski definition) is 1. The average molecular weight is 238 g/mol. The van der Waals surface area contributed by atoms with Crippen LogP contribution in [-0.4, -0.2) is 48.5 Å². The second kappa shape index (κ2) is 7.72. The first-order valence-corrected chi connectivity index (χ1v) is 5.20. The van der Waals surface area contributed by atoms with Crippen LogP contribution in [0.2, 0.25) is 0 Å². The van der Waals surface area contributed by atoms with Crippen molar-refractivity contribution in [1.29, 1.82) is 0 Å². The standard InChI is InChI=1S/C10H21NO2.V/c1-9(2)11-5-3-10(4-6-11)13-8-7-12;/h9-10,12H,3-8H2,1-2H3;. The van der Waals surface area contributed by atoms with Gasteiger partial charge < -0.3 is 14.7 Å². The molecule has 0 aliphatic carbocycles. The van der Waals surface area contributed by atoms with Gasteiger partial charge in [0.25, 0.3) is 0 Å². The van der Waals surface area contributed by atoms with E-state index < -0.39 is 0 Å². The summed E-state index contributed by atoms with van der Waals surface area (Å²) in [7, 11) is 0. The Morgan fingerprint density at radius 1 is 1.36 bits per heavy atom. The molecule has 0 bridgehead atoms. The van der Waals surface area contributed by atoms with E-state index in [1.165, 1.54) is 0 Å². The maximum Gasteiger partial charge on any atom is 0.0701 e. The fraction of sp³-hybridized carbons (Fsp3) is 1.00. The fourth-order valence-electron chi connectivity index (χ4n) is 1.78. The maximum atomic E-state index is 8.60. The van der Waals surface area contributed by atoms with Gasteiger partial charge in [-0.05, 0) is 26.7 Å². The third kappa shape index (κ3) is 4.81. The number of rotatable bonds is 4. The molecule has 0 unspecified atom stereocenters. The Morgan fingerprint density at radius 3 is 2.36 bits per heavy atom. The fourth-order valence-corrected chi connectivity index (χ4v) is 1.78. The SMILES string of the molecule is CC(C)N1CCC(OCCO)CC1.[V]. The Bertz CT molecular complexity index is 136. The average Bonchev–Trinajstić information content (AvgIpc) is 2.15. The third-order valence-corrected chi connectivity index (χ3v) is 2.65. The smallest absolute Gasteiger partial charge is 0.0701 e. The number of hydrogen-bond acceptors (Lipinski definition) is 3. The van der Waals surface area contributed by atoms with E-state index in [2.05, 4.69) is 18.7 Å². The quantitative estimate of drug-likeness (QED) is 0.788. The summed E-state index contributed by atoms with van der Waals surface area (Å²) in [6, 6.07) is 0.652. The van der Waals surface area contributed by atoms with E-state index in [1.807, 2.05) is 0 Å². The predicted molar refractivity (Wildman–Crippen MR) is 52.8 cm³/mol. The summed E-state index contributed by atoms with van der Waals surface area (Å²) < 4.78 is 5.48. The first-order valence-electron chi connectivity index (χ1n) is 5.20. The van der Waals surface area contributed by atoms with E-state index in [1.54, 1.807) is 0 Å². The zero-order valence-corrected chi connectivity index (χ0v) is 10.5. The van der Waals surface area contributed by atoms with E-state index in [9.17, 15) is 0 Å². The zero-order chi connectivity index (χ0) is 9.68. The van der Waals surface area contributed by atoms with Crippen LogP contribution in [-0.2, 0) is 23.3 Å². The van der Waals surface area contributed by atoms with Crippen LogP contribution < -0.4 is 0 Å². The summed E-state index contributed by atoms with van der Waals surface area (Å²) in [6.07, 6.45) is 2.60. The molecule has 0 atom stereocenters. The Kier molecular flexibility index (Phi) is 7.97. The molecule has 1 radical (unpaired) electrons. The van der Waals surface area contributed by atoms with Crippen LogP contribution in [0.4, 0.5) is 0 Å². The van der Waals surface area contributed by atoms with E-state index in [-0.39, 0.29) is 25.2 Å². The minimum atomic E-state index is 0. The summed E-state index contributed by atoms with van der Waals surface area (Å²) in [6.45, 7) is 7.36. The van der Waals surface area contributed by atoms with Gasteiger partial charge in [0.15, 0.2) is 0 Å². The van der Waals surface area contributed by atoms with Crippen molar-refractivity contribution < 1.29 is 28.4 Å². The van der Waals surface area contributed by atoms with Gasteiger partial charge in [0.05, 0.1) is 19.3 Å². The number of aliphatic hydroxyl groups excluding tert-OH is 1. The number of ether oxygens (including phenoxy) is 1. The summed E-state index contributed by atoms with van der Waals surface area (Å²) in [5.74, 6) is 0. The van der Waals surface area contributed by atoms with Crippen molar-refractivity contribution in [3.05, 3.63) is 0 Å². The topological polar surface area (TPSA) is 32.7 Å². The molecule has 0 aromatic heterocycles. The van der Waals surface area contributed by atoms with Crippen LogP contribution in [0.15, 0.2) is 0 Å². The van der Waals surface area contributed by atoms with Crippen LogP contribution in [0, 0.1) is 0 Å². The summed E-state index contributed by atoms with van der Waals surface area (Å²) in [5.41, 5.74) is 0. The van der Waals surface area contributed by atoms with Gasteiger partial charge in [-0.1, -0.05) is 0 Å². The van der Waals surface area contributed by atoms with Crippen molar-refractivity contribution in [2.75, 3.05) is 26.3 Å². The Labute approximate surface area is 98.7 Å². The molecule has 83 valence electrons. The van der Waals surface area contributed by atoms with Crippen LogP contribution in [0.5, 0.6) is 0 Å². The van der Waals surface area contributed by atoms with E-state index in [0.29, 0.717) is 18.8 Å². The van der Waals surface area contributed by atoms with Crippen molar-refractivity contribution in [2.24, 2.45) is 0 Å². The van der Waals surface area contributed by atoms with Gasteiger partial charge in [0.2, 0.25) is 0 Å². The van der Waals surface area contributed by atoms with Crippen LogP contribution >= 0.6 is 0 Å². The molecule has 0 aromatic rings. The van der Waals surface area contributed by atoms with Gasteiger partial charge in [-0.3, -0.25) is 0 Å². The molecule has 0 amide bonds. The summed E-state index contributed by atoms with van der Waals surface area (Å²) in [5, 5.41) is 8.60. The van der Waals surface area contributed by atoms with E-state index in [4.69, 9.17) is 9.84 Å². The monoisotopic (exact) mass is 238 g/mol. The van der Waals surface area contributed by atoms with Crippen LogP contribution in [0.25, 0.3) is 0 Å². The molecule has 1 N–H and O–H groups in total. The molecule has 3 nitrogen and oxygen atoms in total. The molecule has 0 aromatic carbocycles. The van der Waals surface area contributed by atoms with Gasteiger partial charge in [0.1, 0.15) is 0 Å². The van der Waals surface area contributed by atoms with Gasteiger partial charge >= 0.3 is 0 Å². The molecule has 1 saturated heterocycles.